The molecule has 0 atom stereocenters. The van der Waals surface area contributed by atoms with Gasteiger partial charge in [-0.25, -0.2) is 4.90 Å². The van der Waals surface area contributed by atoms with Crippen LogP contribution in [0.1, 0.15) is 47.1 Å². The Kier molecular flexibility index (Phi) is 3.06. The minimum Gasteiger partial charge on any atom is -0.508 e. The molecule has 0 saturated carbocycles. The minimum atomic E-state index is -0.396. The Bertz CT molecular complexity index is 787. The van der Waals surface area contributed by atoms with Crippen LogP contribution >= 0.6 is 0 Å². The molecule has 1 aliphatic rings. The van der Waals surface area contributed by atoms with Gasteiger partial charge in [-0.2, -0.15) is 0 Å². The van der Waals surface area contributed by atoms with Gasteiger partial charge in [-0.1, -0.05) is 39.0 Å². The molecule has 0 saturated heterocycles. The van der Waals surface area contributed by atoms with E-state index >= 15 is 0 Å². The van der Waals surface area contributed by atoms with Gasteiger partial charge in [-0.3, -0.25) is 9.59 Å². The molecule has 2 aromatic carbocycles. The fourth-order valence-electron chi connectivity index (χ4n) is 2.75. The van der Waals surface area contributed by atoms with Gasteiger partial charge in [0.2, 0.25) is 0 Å². The lowest BCUT2D eigenvalue weighted by molar-refractivity contribution is 0.0925. The van der Waals surface area contributed by atoms with Crippen molar-refractivity contribution in [3.8, 4) is 5.75 Å². The Labute approximate surface area is 129 Å². The number of rotatable bonds is 1. The molecule has 1 aliphatic heterocycles. The summed E-state index contributed by atoms with van der Waals surface area (Å²) in [4.78, 5) is 26.5. The van der Waals surface area contributed by atoms with Crippen molar-refractivity contribution in [2.75, 3.05) is 4.90 Å². The number of aromatic hydroxyl groups is 1. The largest absolute Gasteiger partial charge is 0.508 e. The third kappa shape index (κ3) is 2.08. The molecule has 4 heteroatoms. The van der Waals surface area contributed by atoms with Gasteiger partial charge in [0.05, 0.1) is 16.8 Å². The number of benzene rings is 2. The van der Waals surface area contributed by atoms with Gasteiger partial charge < -0.3 is 5.11 Å². The van der Waals surface area contributed by atoms with Gasteiger partial charge in [-0.15, -0.1) is 0 Å². The first-order chi connectivity index (χ1) is 10.3. The lowest BCUT2D eigenvalue weighted by Gasteiger charge is -2.26. The normalized spacial score (nSPS) is 14.4. The summed E-state index contributed by atoms with van der Waals surface area (Å²) in [5.41, 5.74) is 1.89. The number of para-hydroxylation sites is 1. The number of imide groups is 1. The topological polar surface area (TPSA) is 57.6 Å². The SMILES string of the molecule is CC(C)(C)c1ccccc1N1C(=O)c2ccc(O)cc2C1=O. The molecule has 3 rings (SSSR count). The van der Waals surface area contributed by atoms with Gasteiger partial charge in [-0.05, 0) is 35.2 Å². The quantitative estimate of drug-likeness (QED) is 0.819. The molecule has 0 bridgehead atoms. The molecule has 0 aliphatic carbocycles. The zero-order chi connectivity index (χ0) is 16.1. The average Bonchev–Trinajstić information content (AvgIpc) is 2.69. The molecule has 0 fully saturated rings. The molecule has 0 spiro atoms. The van der Waals surface area contributed by atoms with Crippen molar-refractivity contribution >= 4 is 17.5 Å². The summed E-state index contributed by atoms with van der Waals surface area (Å²) in [5.74, 6) is -0.768. The summed E-state index contributed by atoms with van der Waals surface area (Å²) >= 11 is 0. The van der Waals surface area contributed by atoms with Crippen LogP contribution in [0.3, 0.4) is 0 Å². The van der Waals surface area contributed by atoms with Crippen molar-refractivity contribution in [2.24, 2.45) is 0 Å². The van der Waals surface area contributed by atoms with Gasteiger partial charge in [0.15, 0.2) is 0 Å². The summed E-state index contributed by atoms with van der Waals surface area (Å²) < 4.78 is 0. The number of anilines is 1. The molecule has 0 unspecified atom stereocenters. The Morgan fingerprint density at radius 2 is 1.55 bits per heavy atom. The molecule has 2 amide bonds. The number of nitrogens with zero attached hydrogens (tertiary/aromatic N) is 1. The van der Waals surface area contributed by atoms with E-state index in [1.807, 2.05) is 39.0 Å². The minimum absolute atomic E-state index is 0.0224. The maximum absolute atomic E-state index is 12.6. The first-order valence-electron chi connectivity index (χ1n) is 7.12. The van der Waals surface area contributed by atoms with Crippen molar-refractivity contribution in [1.82, 2.24) is 0 Å². The number of hydrogen-bond donors (Lipinski definition) is 1. The molecule has 22 heavy (non-hydrogen) atoms. The summed E-state index contributed by atoms with van der Waals surface area (Å²) in [6, 6.07) is 11.7. The number of hydrogen-bond acceptors (Lipinski definition) is 3. The van der Waals surface area contributed by atoms with Crippen molar-refractivity contribution in [3.63, 3.8) is 0 Å². The van der Waals surface area contributed by atoms with Crippen molar-refractivity contribution in [2.45, 2.75) is 26.2 Å². The van der Waals surface area contributed by atoms with Crippen LogP contribution in [0.5, 0.6) is 5.75 Å². The smallest absolute Gasteiger partial charge is 0.266 e. The summed E-state index contributed by atoms with van der Waals surface area (Å²) in [7, 11) is 0. The molecule has 1 N–H and O–H groups in total. The van der Waals surface area contributed by atoms with Gasteiger partial charge >= 0.3 is 0 Å². The number of phenolic OH excluding ortho intramolecular Hbond substituents is 1. The molecule has 2 aromatic rings. The Balaban J connectivity index is 2.17. The van der Waals surface area contributed by atoms with Crippen molar-refractivity contribution < 1.29 is 14.7 Å². The second-order valence-electron chi connectivity index (χ2n) is 6.44. The van der Waals surface area contributed by atoms with E-state index in [0.29, 0.717) is 11.3 Å². The molecule has 1 heterocycles. The highest BCUT2D eigenvalue weighted by Crippen LogP contribution is 2.36. The molecule has 4 nitrogen and oxygen atoms in total. The van der Waals surface area contributed by atoms with Crippen molar-refractivity contribution in [3.05, 3.63) is 59.2 Å². The van der Waals surface area contributed by atoms with Crippen LogP contribution in [0.15, 0.2) is 42.5 Å². The van der Waals surface area contributed by atoms with E-state index in [2.05, 4.69) is 0 Å². The predicted octanol–water partition coefficient (Wildman–Crippen LogP) is 3.49. The van der Waals surface area contributed by atoms with Gasteiger partial charge in [0, 0.05) is 0 Å². The van der Waals surface area contributed by atoms with E-state index in [1.165, 1.54) is 23.1 Å². The first-order valence-corrected chi connectivity index (χ1v) is 7.12. The van der Waals surface area contributed by atoms with E-state index in [0.717, 1.165) is 5.56 Å². The third-order valence-corrected chi connectivity index (χ3v) is 3.82. The highest BCUT2D eigenvalue weighted by Gasteiger charge is 2.38. The van der Waals surface area contributed by atoms with Crippen LogP contribution in [0.2, 0.25) is 0 Å². The maximum Gasteiger partial charge on any atom is 0.266 e. The lowest BCUT2D eigenvalue weighted by Crippen LogP contribution is -2.32. The standard InChI is InChI=1S/C18H17NO3/c1-18(2,3)14-6-4-5-7-15(14)19-16(21)12-9-8-11(20)10-13(12)17(19)22/h4-10,20H,1-3H3. The van der Waals surface area contributed by atoms with E-state index in [1.54, 1.807) is 6.07 Å². The van der Waals surface area contributed by atoms with E-state index < -0.39 is 5.91 Å². The second-order valence-corrected chi connectivity index (χ2v) is 6.44. The monoisotopic (exact) mass is 295 g/mol. The number of carbonyl (C=O) groups excluding carboxylic acids is 2. The fourth-order valence-corrected chi connectivity index (χ4v) is 2.75. The molecule has 112 valence electrons. The zero-order valence-electron chi connectivity index (χ0n) is 12.8. The van der Waals surface area contributed by atoms with Crippen LogP contribution in [0.4, 0.5) is 5.69 Å². The van der Waals surface area contributed by atoms with Gasteiger partial charge in [0.1, 0.15) is 5.75 Å². The van der Waals surface area contributed by atoms with Crippen LogP contribution in [0.25, 0.3) is 0 Å². The summed E-state index contributed by atoms with van der Waals surface area (Å²) in [5, 5.41) is 9.56. The highest BCUT2D eigenvalue weighted by atomic mass is 16.3. The Morgan fingerprint density at radius 3 is 2.23 bits per heavy atom. The zero-order valence-corrected chi connectivity index (χ0v) is 12.8. The van der Waals surface area contributed by atoms with Gasteiger partial charge in [0.25, 0.3) is 11.8 Å². The van der Waals surface area contributed by atoms with Crippen LogP contribution in [-0.4, -0.2) is 16.9 Å². The number of carbonyl (C=O) groups is 2. The van der Waals surface area contributed by atoms with Crippen LogP contribution < -0.4 is 4.90 Å². The lowest BCUT2D eigenvalue weighted by atomic mass is 9.85. The molecule has 0 aromatic heterocycles. The number of amides is 2. The Morgan fingerprint density at radius 1 is 0.909 bits per heavy atom. The molecular formula is C18H17NO3. The van der Waals surface area contributed by atoms with Crippen molar-refractivity contribution in [1.29, 1.82) is 0 Å². The Hall–Kier alpha value is -2.62. The van der Waals surface area contributed by atoms with E-state index in [4.69, 9.17) is 0 Å². The number of fused-ring (bicyclic) bond motifs is 1. The second kappa shape index (κ2) is 4.70. The molecule has 0 radical (unpaired) electrons. The number of phenols is 1. The van der Waals surface area contributed by atoms with Crippen LogP contribution in [-0.2, 0) is 5.41 Å². The fraction of sp³-hybridized carbons (Fsp3) is 0.222. The average molecular weight is 295 g/mol. The predicted molar refractivity (Wildman–Crippen MR) is 84.4 cm³/mol. The first kappa shape index (κ1) is 14.3. The highest BCUT2D eigenvalue weighted by molar-refractivity contribution is 6.34. The summed E-state index contributed by atoms with van der Waals surface area (Å²) in [6.45, 7) is 6.11. The maximum atomic E-state index is 12.6. The molecular weight excluding hydrogens is 278 g/mol. The third-order valence-electron chi connectivity index (χ3n) is 3.82. The van der Waals surface area contributed by atoms with E-state index in [9.17, 15) is 14.7 Å². The van der Waals surface area contributed by atoms with Crippen LogP contribution in [0, 0.1) is 0 Å². The van der Waals surface area contributed by atoms with E-state index in [-0.39, 0.29) is 22.6 Å². The summed E-state index contributed by atoms with van der Waals surface area (Å²) in [6.07, 6.45) is 0.